The van der Waals surface area contributed by atoms with Gasteiger partial charge in [-0.1, -0.05) is 12.1 Å². The minimum absolute atomic E-state index is 0.218. The number of carbonyl (C=O) groups excluding carboxylic acids is 1. The third-order valence-electron chi connectivity index (χ3n) is 4.82. The van der Waals surface area contributed by atoms with Gasteiger partial charge in [0.2, 0.25) is 0 Å². The Balaban J connectivity index is 1.74. The largest absolute Gasteiger partial charge is 0.488 e. The molecule has 0 saturated carbocycles. The number of hydrogen-bond donors (Lipinski definition) is 1. The summed E-state index contributed by atoms with van der Waals surface area (Å²) >= 11 is 0. The highest BCUT2D eigenvalue weighted by Gasteiger charge is 2.42. The summed E-state index contributed by atoms with van der Waals surface area (Å²) in [7, 11) is 0. The number of amides is 1. The summed E-state index contributed by atoms with van der Waals surface area (Å²) in [6.07, 6.45) is 3.67. The van der Waals surface area contributed by atoms with Crippen molar-refractivity contribution in [1.29, 1.82) is 0 Å². The third kappa shape index (κ3) is 4.11. The Morgan fingerprint density at radius 1 is 1.19 bits per heavy atom. The standard InChI is InChI=1S/C20H27NO5/c1-20(2,3)26-19(24)21-12-14(11-16(21)18(22)23)25-17-10-6-8-13-7-4-5-9-15(13)17/h6,8,10,14,16H,4-5,7,9,11-12H2,1-3H3,(H,22,23). The fourth-order valence-corrected chi connectivity index (χ4v) is 3.68. The predicted octanol–water partition coefficient (Wildman–Crippen LogP) is 3.41. The maximum Gasteiger partial charge on any atom is 0.411 e. The monoisotopic (exact) mass is 361 g/mol. The van der Waals surface area contributed by atoms with E-state index in [1.165, 1.54) is 22.4 Å². The fourth-order valence-electron chi connectivity index (χ4n) is 3.68. The first-order valence-electron chi connectivity index (χ1n) is 9.24. The average Bonchev–Trinajstić information content (AvgIpc) is 2.98. The van der Waals surface area contributed by atoms with Crippen LogP contribution in [0.15, 0.2) is 18.2 Å². The van der Waals surface area contributed by atoms with E-state index in [9.17, 15) is 14.7 Å². The molecule has 1 fully saturated rings. The highest BCUT2D eigenvalue weighted by atomic mass is 16.6. The maximum atomic E-state index is 12.4. The van der Waals surface area contributed by atoms with Gasteiger partial charge in [0.25, 0.3) is 0 Å². The second-order valence-corrected chi connectivity index (χ2v) is 8.06. The Morgan fingerprint density at radius 2 is 1.92 bits per heavy atom. The summed E-state index contributed by atoms with van der Waals surface area (Å²) in [5.41, 5.74) is 1.87. The minimum Gasteiger partial charge on any atom is -0.488 e. The van der Waals surface area contributed by atoms with Gasteiger partial charge in [-0.2, -0.15) is 0 Å². The Bertz CT molecular complexity index is 694. The lowest BCUT2D eigenvalue weighted by Gasteiger charge is -2.26. The van der Waals surface area contributed by atoms with Crippen LogP contribution in [0.5, 0.6) is 5.75 Å². The molecule has 1 saturated heterocycles. The van der Waals surface area contributed by atoms with Gasteiger partial charge in [0.15, 0.2) is 0 Å². The quantitative estimate of drug-likeness (QED) is 0.893. The number of aliphatic carboxylic acids is 1. The number of ether oxygens (including phenoxy) is 2. The molecule has 6 heteroatoms. The van der Waals surface area contributed by atoms with E-state index in [1.807, 2.05) is 12.1 Å². The van der Waals surface area contributed by atoms with Gasteiger partial charge in [-0.3, -0.25) is 4.90 Å². The van der Waals surface area contributed by atoms with E-state index in [2.05, 4.69) is 6.07 Å². The molecule has 142 valence electrons. The number of benzene rings is 1. The van der Waals surface area contributed by atoms with Crippen LogP contribution in [0, 0.1) is 0 Å². The summed E-state index contributed by atoms with van der Waals surface area (Å²) in [5.74, 6) is -0.209. The van der Waals surface area contributed by atoms with Gasteiger partial charge < -0.3 is 14.6 Å². The number of carboxylic acid groups (broad SMARTS) is 1. The fraction of sp³-hybridized carbons (Fsp3) is 0.600. The summed E-state index contributed by atoms with van der Waals surface area (Å²) in [6.45, 7) is 5.51. The molecule has 0 spiro atoms. The molecule has 0 radical (unpaired) electrons. The van der Waals surface area contributed by atoms with E-state index in [0.29, 0.717) is 0 Å². The number of likely N-dealkylation sites (tertiary alicyclic amines) is 1. The highest BCUT2D eigenvalue weighted by Crippen LogP contribution is 2.32. The van der Waals surface area contributed by atoms with E-state index >= 15 is 0 Å². The molecule has 1 heterocycles. The SMILES string of the molecule is CC(C)(C)OC(=O)N1CC(Oc2cccc3c2CCCC3)CC1C(=O)O. The molecule has 6 nitrogen and oxygen atoms in total. The van der Waals surface area contributed by atoms with Crippen LogP contribution in [-0.4, -0.2) is 46.4 Å². The lowest BCUT2D eigenvalue weighted by Crippen LogP contribution is -2.43. The van der Waals surface area contributed by atoms with Crippen molar-refractivity contribution in [2.24, 2.45) is 0 Å². The zero-order chi connectivity index (χ0) is 18.9. The molecule has 1 aromatic rings. The summed E-state index contributed by atoms with van der Waals surface area (Å²) in [4.78, 5) is 25.3. The first kappa shape index (κ1) is 18.5. The highest BCUT2D eigenvalue weighted by molar-refractivity contribution is 5.81. The second-order valence-electron chi connectivity index (χ2n) is 8.06. The van der Waals surface area contributed by atoms with Gasteiger partial charge in [0, 0.05) is 6.42 Å². The molecule has 1 aromatic carbocycles. The topological polar surface area (TPSA) is 76.1 Å². The maximum absolute atomic E-state index is 12.4. The van der Waals surface area contributed by atoms with Crippen LogP contribution in [0.3, 0.4) is 0 Å². The molecule has 1 aliphatic carbocycles. The Kier molecular flexibility index (Phi) is 5.12. The Labute approximate surface area is 154 Å². The molecule has 0 bridgehead atoms. The zero-order valence-electron chi connectivity index (χ0n) is 15.7. The number of carboxylic acids is 1. The van der Waals surface area contributed by atoms with E-state index in [0.717, 1.165) is 25.0 Å². The van der Waals surface area contributed by atoms with Gasteiger partial charge in [-0.25, -0.2) is 9.59 Å². The van der Waals surface area contributed by atoms with Crippen molar-refractivity contribution in [3.63, 3.8) is 0 Å². The molecule has 26 heavy (non-hydrogen) atoms. The lowest BCUT2D eigenvalue weighted by molar-refractivity contribution is -0.142. The van der Waals surface area contributed by atoms with Crippen molar-refractivity contribution in [3.8, 4) is 5.75 Å². The van der Waals surface area contributed by atoms with Crippen LogP contribution in [0.1, 0.15) is 51.2 Å². The molecule has 1 amide bonds. The van der Waals surface area contributed by atoms with Crippen molar-refractivity contribution >= 4 is 12.1 Å². The Morgan fingerprint density at radius 3 is 2.62 bits per heavy atom. The molecule has 2 atom stereocenters. The van der Waals surface area contributed by atoms with Crippen LogP contribution in [-0.2, 0) is 22.4 Å². The lowest BCUT2D eigenvalue weighted by atomic mass is 9.91. The molecular weight excluding hydrogens is 334 g/mol. The van der Waals surface area contributed by atoms with E-state index in [-0.39, 0.29) is 19.1 Å². The van der Waals surface area contributed by atoms with Gasteiger partial charge in [-0.15, -0.1) is 0 Å². The first-order valence-corrected chi connectivity index (χ1v) is 9.24. The number of nitrogens with zero attached hydrogens (tertiary/aromatic N) is 1. The van der Waals surface area contributed by atoms with Crippen molar-refractivity contribution in [3.05, 3.63) is 29.3 Å². The van der Waals surface area contributed by atoms with Crippen LogP contribution in [0.4, 0.5) is 4.79 Å². The molecule has 1 aliphatic heterocycles. The van der Waals surface area contributed by atoms with Crippen LogP contribution < -0.4 is 4.74 Å². The summed E-state index contributed by atoms with van der Waals surface area (Å²) in [6, 6.07) is 5.13. The smallest absolute Gasteiger partial charge is 0.411 e. The predicted molar refractivity (Wildman–Crippen MR) is 96.5 cm³/mol. The van der Waals surface area contributed by atoms with Gasteiger partial charge in [0.1, 0.15) is 23.5 Å². The van der Waals surface area contributed by atoms with Crippen molar-refractivity contribution < 1.29 is 24.2 Å². The van der Waals surface area contributed by atoms with E-state index < -0.39 is 23.7 Å². The molecule has 3 rings (SSSR count). The molecule has 2 unspecified atom stereocenters. The molecule has 0 aromatic heterocycles. The number of hydrogen-bond acceptors (Lipinski definition) is 4. The van der Waals surface area contributed by atoms with Crippen molar-refractivity contribution in [1.82, 2.24) is 4.90 Å². The van der Waals surface area contributed by atoms with Gasteiger partial charge in [-0.05, 0) is 63.6 Å². The van der Waals surface area contributed by atoms with Crippen molar-refractivity contribution in [2.75, 3.05) is 6.54 Å². The normalized spacial score (nSPS) is 22.7. The van der Waals surface area contributed by atoms with E-state index in [4.69, 9.17) is 9.47 Å². The molecule has 2 aliphatic rings. The third-order valence-corrected chi connectivity index (χ3v) is 4.82. The van der Waals surface area contributed by atoms with Crippen LogP contribution >= 0.6 is 0 Å². The number of aryl methyl sites for hydroxylation is 1. The number of rotatable bonds is 3. The number of fused-ring (bicyclic) bond motifs is 1. The van der Waals surface area contributed by atoms with Gasteiger partial charge >= 0.3 is 12.1 Å². The molecular formula is C20H27NO5. The van der Waals surface area contributed by atoms with Crippen LogP contribution in [0.25, 0.3) is 0 Å². The summed E-state index contributed by atoms with van der Waals surface area (Å²) < 4.78 is 11.5. The van der Waals surface area contributed by atoms with E-state index in [1.54, 1.807) is 20.8 Å². The van der Waals surface area contributed by atoms with Crippen LogP contribution in [0.2, 0.25) is 0 Å². The Hall–Kier alpha value is -2.24. The second kappa shape index (κ2) is 7.17. The van der Waals surface area contributed by atoms with Gasteiger partial charge in [0.05, 0.1) is 6.54 Å². The summed E-state index contributed by atoms with van der Waals surface area (Å²) in [5, 5.41) is 9.50. The molecule has 1 N–H and O–H groups in total. The first-order chi connectivity index (χ1) is 12.2. The zero-order valence-corrected chi connectivity index (χ0v) is 15.7. The minimum atomic E-state index is -1.03. The van der Waals surface area contributed by atoms with Crippen molar-refractivity contribution in [2.45, 2.75) is 70.6 Å². The number of carbonyl (C=O) groups is 2. The average molecular weight is 361 g/mol.